The highest BCUT2D eigenvalue weighted by atomic mass is 16.6. The van der Waals surface area contributed by atoms with Gasteiger partial charge in [-0.05, 0) is 37.2 Å². The normalized spacial score (nSPS) is 19.9. The molecular formula is C17H24N2O2. The number of nitro groups is 1. The van der Waals surface area contributed by atoms with Gasteiger partial charge in [0.1, 0.15) is 0 Å². The van der Waals surface area contributed by atoms with Crippen LogP contribution < -0.4 is 0 Å². The van der Waals surface area contributed by atoms with Crippen LogP contribution in [0.1, 0.15) is 50.5 Å². The molecule has 0 radical (unpaired) electrons. The smallest absolute Gasteiger partial charge is 0.269 e. The summed E-state index contributed by atoms with van der Waals surface area (Å²) < 4.78 is 0. The Kier molecular flexibility index (Phi) is 4.54. The zero-order chi connectivity index (χ0) is 14.7. The second kappa shape index (κ2) is 6.56. The van der Waals surface area contributed by atoms with E-state index < -0.39 is 0 Å². The van der Waals surface area contributed by atoms with Gasteiger partial charge in [-0.25, -0.2) is 0 Å². The van der Waals surface area contributed by atoms with Gasteiger partial charge < -0.3 is 0 Å². The highest BCUT2D eigenvalue weighted by Gasteiger charge is 2.30. The van der Waals surface area contributed by atoms with Crippen LogP contribution in [0.3, 0.4) is 0 Å². The van der Waals surface area contributed by atoms with Crippen molar-refractivity contribution in [3.63, 3.8) is 0 Å². The van der Waals surface area contributed by atoms with Crippen LogP contribution in [0.25, 0.3) is 0 Å². The summed E-state index contributed by atoms with van der Waals surface area (Å²) in [5, 5.41) is 10.7. The van der Waals surface area contributed by atoms with Crippen molar-refractivity contribution in [1.29, 1.82) is 0 Å². The number of nitrogens with zero attached hydrogens (tertiary/aromatic N) is 2. The standard InChI is InChI=1S/C17H24N2O2/c20-19(21)17-8-6-15(7-9-17)13-18(16-10-11-16)12-14-4-2-1-3-5-14/h6-9,14,16H,1-5,10-13H2. The molecule has 114 valence electrons. The van der Waals surface area contributed by atoms with Crippen LogP contribution in [0.4, 0.5) is 5.69 Å². The van der Waals surface area contributed by atoms with E-state index in [1.54, 1.807) is 12.1 Å². The third-order valence-electron chi connectivity index (χ3n) is 4.81. The highest BCUT2D eigenvalue weighted by molar-refractivity contribution is 5.32. The molecule has 1 aromatic rings. The van der Waals surface area contributed by atoms with Crippen LogP contribution in [-0.2, 0) is 6.54 Å². The van der Waals surface area contributed by atoms with E-state index in [0.29, 0.717) is 0 Å². The van der Waals surface area contributed by atoms with Crippen molar-refractivity contribution in [1.82, 2.24) is 4.90 Å². The molecule has 21 heavy (non-hydrogen) atoms. The topological polar surface area (TPSA) is 46.4 Å². The maximum atomic E-state index is 10.7. The van der Waals surface area contributed by atoms with Crippen molar-refractivity contribution in [2.24, 2.45) is 5.92 Å². The van der Waals surface area contributed by atoms with Gasteiger partial charge in [-0.3, -0.25) is 15.0 Å². The maximum absolute atomic E-state index is 10.7. The predicted octanol–water partition coefficient (Wildman–Crippen LogP) is 4.14. The van der Waals surface area contributed by atoms with Crippen LogP contribution >= 0.6 is 0 Å². The second-order valence-corrected chi connectivity index (χ2v) is 6.59. The number of hydrogen-bond donors (Lipinski definition) is 0. The monoisotopic (exact) mass is 288 g/mol. The van der Waals surface area contributed by atoms with Crippen molar-refractivity contribution in [2.45, 2.75) is 57.5 Å². The SMILES string of the molecule is O=[N+]([O-])c1ccc(CN(CC2CCCCC2)C2CC2)cc1. The van der Waals surface area contributed by atoms with Crippen molar-refractivity contribution >= 4 is 5.69 Å². The third-order valence-corrected chi connectivity index (χ3v) is 4.81. The largest absolute Gasteiger partial charge is 0.296 e. The van der Waals surface area contributed by atoms with Crippen molar-refractivity contribution in [3.8, 4) is 0 Å². The molecule has 2 fully saturated rings. The van der Waals surface area contributed by atoms with Gasteiger partial charge in [0.15, 0.2) is 0 Å². The molecule has 0 atom stereocenters. The molecule has 2 aliphatic rings. The molecule has 0 aliphatic heterocycles. The Morgan fingerprint density at radius 3 is 2.29 bits per heavy atom. The van der Waals surface area contributed by atoms with Gasteiger partial charge in [-0.15, -0.1) is 0 Å². The predicted molar refractivity (Wildman–Crippen MR) is 83.1 cm³/mol. The summed E-state index contributed by atoms with van der Waals surface area (Å²) in [6, 6.07) is 7.83. The Bertz CT molecular complexity index is 476. The van der Waals surface area contributed by atoms with E-state index >= 15 is 0 Å². The summed E-state index contributed by atoms with van der Waals surface area (Å²) >= 11 is 0. The molecule has 4 nitrogen and oxygen atoms in total. The molecule has 0 bridgehead atoms. The molecule has 0 amide bonds. The third kappa shape index (κ3) is 4.03. The lowest BCUT2D eigenvalue weighted by Crippen LogP contribution is -2.32. The molecule has 1 aromatic carbocycles. The van der Waals surface area contributed by atoms with Gasteiger partial charge in [0, 0.05) is 31.3 Å². The van der Waals surface area contributed by atoms with Crippen LogP contribution in [0.5, 0.6) is 0 Å². The van der Waals surface area contributed by atoms with Gasteiger partial charge in [-0.1, -0.05) is 31.4 Å². The van der Waals surface area contributed by atoms with E-state index in [1.165, 1.54) is 57.1 Å². The average Bonchev–Trinajstić information content (AvgIpc) is 3.33. The van der Waals surface area contributed by atoms with Gasteiger partial charge in [0.05, 0.1) is 4.92 Å². The Morgan fingerprint density at radius 1 is 1.05 bits per heavy atom. The zero-order valence-electron chi connectivity index (χ0n) is 12.5. The average molecular weight is 288 g/mol. The number of benzene rings is 1. The molecule has 2 aliphatic carbocycles. The van der Waals surface area contributed by atoms with Gasteiger partial charge in [0.25, 0.3) is 5.69 Å². The van der Waals surface area contributed by atoms with E-state index in [1.807, 2.05) is 12.1 Å². The molecule has 0 heterocycles. The van der Waals surface area contributed by atoms with Crippen molar-refractivity contribution in [2.75, 3.05) is 6.54 Å². The molecule has 3 rings (SSSR count). The fourth-order valence-electron chi connectivity index (χ4n) is 3.44. The minimum Gasteiger partial charge on any atom is -0.296 e. The van der Waals surface area contributed by atoms with E-state index in [0.717, 1.165) is 18.5 Å². The number of nitro benzene ring substituents is 1. The summed E-state index contributed by atoms with van der Waals surface area (Å²) in [5.74, 6) is 0.859. The number of rotatable bonds is 6. The van der Waals surface area contributed by atoms with E-state index in [9.17, 15) is 10.1 Å². The number of hydrogen-bond acceptors (Lipinski definition) is 3. The van der Waals surface area contributed by atoms with Crippen LogP contribution in [0, 0.1) is 16.0 Å². The molecule has 2 saturated carbocycles. The maximum Gasteiger partial charge on any atom is 0.269 e. The first-order chi connectivity index (χ1) is 10.2. The Morgan fingerprint density at radius 2 is 1.71 bits per heavy atom. The highest BCUT2D eigenvalue weighted by Crippen LogP contribution is 2.32. The Balaban J connectivity index is 1.60. The molecule has 0 unspecified atom stereocenters. The first kappa shape index (κ1) is 14.5. The summed E-state index contributed by atoms with van der Waals surface area (Å²) in [4.78, 5) is 13.0. The van der Waals surface area contributed by atoms with Crippen molar-refractivity contribution < 1.29 is 4.92 Å². The van der Waals surface area contributed by atoms with E-state index in [4.69, 9.17) is 0 Å². The van der Waals surface area contributed by atoms with Gasteiger partial charge in [-0.2, -0.15) is 0 Å². The number of non-ortho nitro benzene ring substituents is 1. The van der Waals surface area contributed by atoms with Gasteiger partial charge >= 0.3 is 0 Å². The minimum absolute atomic E-state index is 0.184. The lowest BCUT2D eigenvalue weighted by Gasteiger charge is -2.29. The minimum atomic E-state index is -0.329. The summed E-state index contributed by atoms with van der Waals surface area (Å²) in [5.41, 5.74) is 1.38. The molecule has 0 N–H and O–H groups in total. The molecule has 0 spiro atoms. The molecule has 0 aromatic heterocycles. The van der Waals surface area contributed by atoms with Crippen LogP contribution in [0.2, 0.25) is 0 Å². The summed E-state index contributed by atoms with van der Waals surface area (Å²) in [7, 11) is 0. The van der Waals surface area contributed by atoms with Crippen LogP contribution in [0.15, 0.2) is 24.3 Å². The first-order valence-electron chi connectivity index (χ1n) is 8.20. The lowest BCUT2D eigenvalue weighted by molar-refractivity contribution is -0.384. The van der Waals surface area contributed by atoms with E-state index in [-0.39, 0.29) is 10.6 Å². The summed E-state index contributed by atoms with van der Waals surface area (Å²) in [6.45, 7) is 2.15. The Labute approximate surface area is 126 Å². The summed E-state index contributed by atoms with van der Waals surface area (Å²) in [6.07, 6.45) is 9.58. The molecule has 0 saturated heterocycles. The lowest BCUT2D eigenvalue weighted by atomic mass is 9.89. The second-order valence-electron chi connectivity index (χ2n) is 6.59. The Hall–Kier alpha value is -1.42. The quantitative estimate of drug-likeness (QED) is 0.584. The van der Waals surface area contributed by atoms with Gasteiger partial charge in [0.2, 0.25) is 0 Å². The van der Waals surface area contributed by atoms with Crippen molar-refractivity contribution in [3.05, 3.63) is 39.9 Å². The van der Waals surface area contributed by atoms with E-state index in [2.05, 4.69) is 4.90 Å². The molecular weight excluding hydrogens is 264 g/mol. The first-order valence-corrected chi connectivity index (χ1v) is 8.20. The molecule has 4 heteroatoms. The van der Waals surface area contributed by atoms with Crippen LogP contribution in [-0.4, -0.2) is 22.4 Å². The zero-order valence-corrected chi connectivity index (χ0v) is 12.5. The fraction of sp³-hybridized carbons (Fsp3) is 0.647. The fourth-order valence-corrected chi connectivity index (χ4v) is 3.44.